The Morgan fingerprint density at radius 3 is 2.48 bits per heavy atom. The molecule has 0 amide bonds. The molecule has 0 aliphatic heterocycles. The lowest BCUT2D eigenvalue weighted by molar-refractivity contribution is 0.573. The molecule has 0 spiro atoms. The minimum absolute atomic E-state index is 0.169. The summed E-state index contributed by atoms with van der Waals surface area (Å²) < 4.78 is 38.9. The molecule has 118 valence electrons. The lowest BCUT2D eigenvalue weighted by atomic mass is 10.1. The molecule has 2 N–H and O–H groups in total. The van der Waals surface area contributed by atoms with Crippen molar-refractivity contribution in [2.24, 2.45) is 0 Å². The second-order valence-electron chi connectivity index (χ2n) is 5.53. The van der Waals surface area contributed by atoms with Gasteiger partial charge in [0.2, 0.25) is 10.0 Å². The third-order valence-corrected chi connectivity index (χ3v) is 4.97. The summed E-state index contributed by atoms with van der Waals surface area (Å²) in [5, 5.41) is 3.37. The number of sulfonamides is 1. The van der Waals surface area contributed by atoms with E-state index in [4.69, 9.17) is 0 Å². The minimum Gasteiger partial charge on any atom is -0.314 e. The van der Waals surface area contributed by atoms with Crippen LogP contribution in [-0.2, 0) is 16.4 Å². The Hall–Kier alpha value is -0.980. The van der Waals surface area contributed by atoms with Gasteiger partial charge in [0, 0.05) is 12.6 Å². The predicted octanol–water partition coefficient (Wildman–Crippen LogP) is 1.82. The number of unbranched alkanes of at least 4 members (excludes halogenated alkanes) is 1. The Kier molecular flexibility index (Phi) is 6.14. The minimum atomic E-state index is -3.20. The third kappa shape index (κ3) is 7.02. The lowest BCUT2D eigenvalue weighted by Gasteiger charge is -2.07. The maximum absolute atomic E-state index is 12.7. The van der Waals surface area contributed by atoms with Crippen LogP contribution in [0, 0.1) is 5.82 Å². The van der Waals surface area contributed by atoms with Crippen molar-refractivity contribution in [2.75, 3.05) is 18.8 Å². The van der Waals surface area contributed by atoms with Crippen molar-refractivity contribution in [3.05, 3.63) is 35.6 Å². The molecule has 2 rings (SSSR count). The molecular formula is C15H23FN2O2S. The Morgan fingerprint density at radius 2 is 1.81 bits per heavy atom. The number of hydrogen-bond donors (Lipinski definition) is 2. The average molecular weight is 314 g/mol. The summed E-state index contributed by atoms with van der Waals surface area (Å²) in [5.74, 6) is -0.109. The molecule has 0 unspecified atom stereocenters. The van der Waals surface area contributed by atoms with Crippen molar-refractivity contribution in [3.63, 3.8) is 0 Å². The Balaban J connectivity index is 1.57. The van der Waals surface area contributed by atoms with Crippen molar-refractivity contribution in [1.82, 2.24) is 10.0 Å². The highest BCUT2D eigenvalue weighted by Gasteiger charge is 2.19. The standard InChI is InChI=1S/C15H23FN2O2S/c16-14-5-3-13(4-6-14)9-11-18-21(19,20)12-2-1-10-17-15-7-8-15/h3-6,15,17-18H,1-2,7-12H2. The zero-order chi connectivity index (χ0) is 15.1. The number of benzene rings is 1. The molecule has 1 saturated carbocycles. The van der Waals surface area contributed by atoms with Crippen molar-refractivity contribution in [2.45, 2.75) is 38.1 Å². The van der Waals surface area contributed by atoms with Crippen LogP contribution in [0.25, 0.3) is 0 Å². The van der Waals surface area contributed by atoms with Crippen LogP contribution >= 0.6 is 0 Å². The quantitative estimate of drug-likeness (QED) is 0.648. The zero-order valence-corrected chi connectivity index (χ0v) is 13.0. The lowest BCUT2D eigenvalue weighted by Crippen LogP contribution is -2.29. The summed E-state index contributed by atoms with van der Waals surface area (Å²) in [5.41, 5.74) is 0.924. The van der Waals surface area contributed by atoms with Crippen molar-refractivity contribution in [3.8, 4) is 0 Å². The van der Waals surface area contributed by atoms with Crippen LogP contribution in [0.5, 0.6) is 0 Å². The van der Waals surface area contributed by atoms with Crippen LogP contribution in [0.4, 0.5) is 4.39 Å². The zero-order valence-electron chi connectivity index (χ0n) is 12.1. The van der Waals surface area contributed by atoms with E-state index < -0.39 is 10.0 Å². The maximum atomic E-state index is 12.7. The fourth-order valence-electron chi connectivity index (χ4n) is 2.08. The van der Waals surface area contributed by atoms with Gasteiger partial charge < -0.3 is 5.32 Å². The largest absolute Gasteiger partial charge is 0.314 e. The van der Waals surface area contributed by atoms with Crippen LogP contribution in [0.1, 0.15) is 31.2 Å². The maximum Gasteiger partial charge on any atom is 0.211 e. The smallest absolute Gasteiger partial charge is 0.211 e. The molecule has 0 atom stereocenters. The fraction of sp³-hybridized carbons (Fsp3) is 0.600. The molecule has 0 aromatic heterocycles. The summed E-state index contributed by atoms with van der Waals surface area (Å²) in [6.07, 6.45) is 4.64. The Bertz CT molecular complexity index is 527. The molecule has 1 fully saturated rings. The Morgan fingerprint density at radius 1 is 1.10 bits per heavy atom. The third-order valence-electron chi connectivity index (χ3n) is 3.50. The van der Waals surface area contributed by atoms with Gasteiger partial charge in [-0.05, 0) is 56.3 Å². The second-order valence-corrected chi connectivity index (χ2v) is 7.45. The number of hydrogen-bond acceptors (Lipinski definition) is 3. The first-order valence-electron chi connectivity index (χ1n) is 7.50. The van der Waals surface area contributed by atoms with Gasteiger partial charge in [-0.3, -0.25) is 0 Å². The molecule has 0 saturated heterocycles. The molecule has 0 radical (unpaired) electrons. The molecule has 1 aliphatic rings. The summed E-state index contributed by atoms with van der Waals surface area (Å²) in [6, 6.07) is 6.80. The number of halogens is 1. The van der Waals surface area contributed by atoms with E-state index in [1.165, 1.54) is 25.0 Å². The molecular weight excluding hydrogens is 291 g/mol. The highest BCUT2D eigenvalue weighted by atomic mass is 32.2. The first-order chi connectivity index (χ1) is 10.1. The summed E-state index contributed by atoms with van der Waals surface area (Å²) in [4.78, 5) is 0. The van der Waals surface area contributed by atoms with Gasteiger partial charge in [0.05, 0.1) is 5.75 Å². The van der Waals surface area contributed by atoms with E-state index in [2.05, 4.69) is 10.0 Å². The van der Waals surface area contributed by atoms with Crippen molar-refractivity contribution in [1.29, 1.82) is 0 Å². The van der Waals surface area contributed by atoms with Crippen molar-refractivity contribution >= 4 is 10.0 Å². The summed E-state index contributed by atoms with van der Waals surface area (Å²) >= 11 is 0. The van der Waals surface area contributed by atoms with Gasteiger partial charge in [0.25, 0.3) is 0 Å². The first kappa shape index (κ1) is 16.4. The van der Waals surface area contributed by atoms with Crippen LogP contribution in [-0.4, -0.2) is 33.3 Å². The first-order valence-corrected chi connectivity index (χ1v) is 9.15. The van der Waals surface area contributed by atoms with Crippen LogP contribution in [0.3, 0.4) is 0 Å². The van der Waals surface area contributed by atoms with Gasteiger partial charge in [-0.25, -0.2) is 17.5 Å². The van der Waals surface area contributed by atoms with E-state index >= 15 is 0 Å². The van der Waals surface area contributed by atoms with Gasteiger partial charge in [0.15, 0.2) is 0 Å². The van der Waals surface area contributed by atoms with Gasteiger partial charge in [-0.15, -0.1) is 0 Å². The molecule has 0 bridgehead atoms. The SMILES string of the molecule is O=S(=O)(CCCCNC1CC1)NCCc1ccc(F)cc1. The summed E-state index contributed by atoms with van der Waals surface area (Å²) in [6.45, 7) is 1.25. The molecule has 1 aromatic rings. The highest BCUT2D eigenvalue weighted by molar-refractivity contribution is 7.89. The fourth-order valence-corrected chi connectivity index (χ4v) is 3.23. The van der Waals surface area contributed by atoms with E-state index in [1.807, 2.05) is 0 Å². The van der Waals surface area contributed by atoms with Crippen LogP contribution in [0.15, 0.2) is 24.3 Å². The van der Waals surface area contributed by atoms with E-state index in [9.17, 15) is 12.8 Å². The van der Waals surface area contributed by atoms with Gasteiger partial charge >= 0.3 is 0 Å². The second kappa shape index (κ2) is 7.87. The highest BCUT2D eigenvalue weighted by Crippen LogP contribution is 2.18. The molecule has 4 nitrogen and oxygen atoms in total. The summed E-state index contributed by atoms with van der Waals surface area (Å²) in [7, 11) is -3.20. The van der Waals surface area contributed by atoms with Crippen molar-refractivity contribution < 1.29 is 12.8 Å². The molecule has 0 heterocycles. The van der Waals surface area contributed by atoms with Crippen LogP contribution < -0.4 is 10.0 Å². The number of nitrogens with one attached hydrogen (secondary N) is 2. The monoisotopic (exact) mass is 314 g/mol. The Labute approximate surface area is 126 Å². The molecule has 1 aromatic carbocycles. The van der Waals surface area contributed by atoms with E-state index in [1.54, 1.807) is 12.1 Å². The average Bonchev–Trinajstić information content (AvgIpc) is 3.24. The molecule has 1 aliphatic carbocycles. The molecule has 21 heavy (non-hydrogen) atoms. The molecule has 6 heteroatoms. The van der Waals surface area contributed by atoms with Crippen LogP contribution in [0.2, 0.25) is 0 Å². The number of rotatable bonds is 10. The van der Waals surface area contributed by atoms with E-state index in [0.717, 1.165) is 18.5 Å². The normalized spacial score (nSPS) is 15.3. The van der Waals surface area contributed by atoms with Gasteiger partial charge in [-0.2, -0.15) is 0 Å². The van der Waals surface area contributed by atoms with Gasteiger partial charge in [0.1, 0.15) is 5.82 Å². The van der Waals surface area contributed by atoms with Gasteiger partial charge in [-0.1, -0.05) is 12.1 Å². The van der Waals surface area contributed by atoms with E-state index in [0.29, 0.717) is 25.4 Å². The topological polar surface area (TPSA) is 58.2 Å². The van der Waals surface area contributed by atoms with E-state index in [-0.39, 0.29) is 11.6 Å². The predicted molar refractivity (Wildman–Crippen MR) is 82.2 cm³/mol.